The minimum absolute atomic E-state index is 0.0586. The van der Waals surface area contributed by atoms with Crippen LogP contribution in [0.15, 0.2) is 71.9 Å². The number of aryl methyl sites for hydroxylation is 1. The van der Waals surface area contributed by atoms with Crippen LogP contribution in [0.3, 0.4) is 0 Å². The van der Waals surface area contributed by atoms with Gasteiger partial charge in [0.2, 0.25) is 0 Å². The maximum atomic E-state index is 13.0. The van der Waals surface area contributed by atoms with Crippen molar-refractivity contribution in [3.8, 4) is 11.8 Å². The van der Waals surface area contributed by atoms with Crippen molar-refractivity contribution < 1.29 is 4.79 Å². The molecule has 0 bridgehead atoms. The van der Waals surface area contributed by atoms with Crippen LogP contribution in [0.25, 0.3) is 0 Å². The molecule has 0 atom stereocenters. The molecule has 0 saturated heterocycles. The van der Waals surface area contributed by atoms with E-state index in [0.717, 1.165) is 62.5 Å². The fourth-order valence-corrected chi connectivity index (χ4v) is 4.60. The molecule has 0 radical (unpaired) electrons. The standard InChI is InChI=1S/C30H36O/c1-5-23-16-18-26(19-17-23)21-29(31)27-13-9-15-28(30(3,4)22-27)14-8-12-25-11-7-10-24(6-2)20-25/h5,7,10-11,13-14,20-21,23H,1,6,9,15-19,22H2,2-4H3/b26-21?,28-14+. The summed E-state index contributed by atoms with van der Waals surface area (Å²) >= 11 is 0. The zero-order valence-electron chi connectivity index (χ0n) is 19.5. The average molecular weight is 413 g/mol. The summed E-state index contributed by atoms with van der Waals surface area (Å²) in [5.41, 5.74) is 5.93. The number of ketones is 1. The van der Waals surface area contributed by atoms with Crippen molar-refractivity contribution in [3.05, 3.63) is 83.0 Å². The molecular weight excluding hydrogens is 376 g/mol. The topological polar surface area (TPSA) is 17.1 Å². The molecule has 31 heavy (non-hydrogen) atoms. The summed E-state index contributed by atoms with van der Waals surface area (Å²) in [6.45, 7) is 10.6. The lowest BCUT2D eigenvalue weighted by molar-refractivity contribution is -0.111. The highest BCUT2D eigenvalue weighted by molar-refractivity contribution is 6.04. The first-order chi connectivity index (χ1) is 14.9. The molecule has 0 spiro atoms. The second-order valence-electron chi connectivity index (χ2n) is 9.56. The Labute approximate surface area is 189 Å². The van der Waals surface area contributed by atoms with Crippen molar-refractivity contribution in [2.75, 3.05) is 0 Å². The first-order valence-electron chi connectivity index (χ1n) is 11.8. The summed E-state index contributed by atoms with van der Waals surface area (Å²) < 4.78 is 0. The van der Waals surface area contributed by atoms with Gasteiger partial charge in [-0.25, -0.2) is 0 Å². The Morgan fingerprint density at radius 3 is 2.71 bits per heavy atom. The Bertz CT molecular complexity index is 961. The summed E-state index contributed by atoms with van der Waals surface area (Å²) in [4.78, 5) is 13.0. The van der Waals surface area contributed by atoms with E-state index in [1.54, 1.807) is 0 Å². The molecule has 0 heterocycles. The second kappa shape index (κ2) is 10.6. The van der Waals surface area contributed by atoms with Crippen molar-refractivity contribution in [3.63, 3.8) is 0 Å². The summed E-state index contributed by atoms with van der Waals surface area (Å²) in [7, 11) is 0. The van der Waals surface area contributed by atoms with E-state index in [9.17, 15) is 4.79 Å². The third kappa shape index (κ3) is 6.44. The molecule has 0 amide bonds. The Hall–Kier alpha value is -2.59. The summed E-state index contributed by atoms with van der Waals surface area (Å²) in [6.07, 6.45) is 16.2. The fraction of sp³-hybridized carbons (Fsp3) is 0.433. The molecule has 2 aliphatic rings. The third-order valence-electron chi connectivity index (χ3n) is 6.76. The highest BCUT2D eigenvalue weighted by Gasteiger charge is 2.28. The van der Waals surface area contributed by atoms with Gasteiger partial charge in [-0.05, 0) is 98.1 Å². The number of rotatable bonds is 4. The molecule has 1 fully saturated rings. The van der Waals surface area contributed by atoms with E-state index in [4.69, 9.17) is 0 Å². The first kappa shape index (κ1) is 23.1. The molecule has 3 rings (SSSR count). The number of benzene rings is 1. The molecule has 1 saturated carbocycles. The Kier molecular flexibility index (Phi) is 7.91. The average Bonchev–Trinajstić information content (AvgIpc) is 2.92. The molecule has 0 N–H and O–H groups in total. The summed E-state index contributed by atoms with van der Waals surface area (Å²) in [5, 5.41) is 0. The van der Waals surface area contributed by atoms with Crippen LogP contribution in [-0.2, 0) is 11.2 Å². The molecular formula is C30H36O. The van der Waals surface area contributed by atoms with Crippen molar-refractivity contribution in [1.29, 1.82) is 0 Å². The molecule has 1 heteroatoms. The smallest absolute Gasteiger partial charge is 0.181 e. The van der Waals surface area contributed by atoms with Gasteiger partial charge in [0.05, 0.1) is 0 Å². The molecule has 162 valence electrons. The number of hydrogen-bond donors (Lipinski definition) is 0. The predicted molar refractivity (Wildman–Crippen MR) is 132 cm³/mol. The van der Waals surface area contributed by atoms with Crippen molar-refractivity contribution in [2.24, 2.45) is 11.3 Å². The second-order valence-corrected chi connectivity index (χ2v) is 9.56. The van der Waals surface area contributed by atoms with Crippen molar-refractivity contribution in [1.82, 2.24) is 0 Å². The van der Waals surface area contributed by atoms with E-state index in [1.807, 2.05) is 6.08 Å². The van der Waals surface area contributed by atoms with E-state index >= 15 is 0 Å². The van der Waals surface area contributed by atoms with Crippen molar-refractivity contribution >= 4 is 5.78 Å². The molecule has 1 aromatic rings. The Morgan fingerprint density at radius 2 is 2.00 bits per heavy atom. The third-order valence-corrected chi connectivity index (χ3v) is 6.76. The van der Waals surface area contributed by atoms with Crippen LogP contribution >= 0.6 is 0 Å². The van der Waals surface area contributed by atoms with Crippen molar-refractivity contribution in [2.45, 2.75) is 72.1 Å². The van der Waals surface area contributed by atoms with Gasteiger partial charge in [0.1, 0.15) is 0 Å². The molecule has 0 unspecified atom stereocenters. The van der Waals surface area contributed by atoms with E-state index in [-0.39, 0.29) is 11.2 Å². The van der Waals surface area contributed by atoms with Crippen LogP contribution in [-0.4, -0.2) is 5.78 Å². The van der Waals surface area contributed by atoms with Crippen LogP contribution < -0.4 is 0 Å². The highest BCUT2D eigenvalue weighted by atomic mass is 16.1. The van der Waals surface area contributed by atoms with E-state index in [2.05, 4.69) is 81.7 Å². The molecule has 0 aliphatic heterocycles. The lowest BCUT2D eigenvalue weighted by atomic mass is 9.77. The minimum Gasteiger partial charge on any atom is -0.290 e. The van der Waals surface area contributed by atoms with Gasteiger partial charge >= 0.3 is 0 Å². The van der Waals surface area contributed by atoms with Gasteiger partial charge in [0, 0.05) is 5.56 Å². The van der Waals surface area contributed by atoms with Crippen LogP contribution in [0, 0.1) is 23.2 Å². The number of allylic oxidation sites excluding steroid dienone is 7. The molecule has 1 aromatic carbocycles. The van der Waals surface area contributed by atoms with Gasteiger partial charge in [-0.15, -0.1) is 6.58 Å². The maximum Gasteiger partial charge on any atom is 0.181 e. The largest absolute Gasteiger partial charge is 0.290 e. The molecule has 2 aliphatic carbocycles. The fourth-order valence-electron chi connectivity index (χ4n) is 4.60. The van der Waals surface area contributed by atoms with Crippen LogP contribution in [0.4, 0.5) is 0 Å². The first-order valence-corrected chi connectivity index (χ1v) is 11.8. The predicted octanol–water partition coefficient (Wildman–Crippen LogP) is 7.54. The van der Waals surface area contributed by atoms with Gasteiger partial charge in [-0.3, -0.25) is 4.79 Å². The van der Waals surface area contributed by atoms with Gasteiger partial charge in [0.15, 0.2) is 5.78 Å². The summed E-state index contributed by atoms with van der Waals surface area (Å²) in [5.74, 6) is 7.40. The lowest BCUT2D eigenvalue weighted by Crippen LogP contribution is -2.17. The van der Waals surface area contributed by atoms with Gasteiger partial charge in [0.25, 0.3) is 0 Å². The molecule has 0 aromatic heterocycles. The van der Waals surface area contributed by atoms with E-state index in [0.29, 0.717) is 5.92 Å². The molecule has 1 nitrogen and oxygen atoms in total. The highest BCUT2D eigenvalue weighted by Crippen LogP contribution is 2.39. The van der Waals surface area contributed by atoms with E-state index in [1.165, 1.54) is 16.7 Å². The Morgan fingerprint density at radius 1 is 1.23 bits per heavy atom. The number of carbonyl (C=O) groups is 1. The monoisotopic (exact) mass is 412 g/mol. The quantitative estimate of drug-likeness (QED) is 0.284. The van der Waals surface area contributed by atoms with Gasteiger partial charge < -0.3 is 0 Å². The van der Waals surface area contributed by atoms with Gasteiger partial charge in [-0.1, -0.05) is 68.0 Å². The van der Waals surface area contributed by atoms with Crippen LogP contribution in [0.1, 0.15) is 76.8 Å². The zero-order chi connectivity index (χ0) is 22.3. The van der Waals surface area contributed by atoms with E-state index < -0.39 is 0 Å². The zero-order valence-corrected chi connectivity index (χ0v) is 19.5. The van der Waals surface area contributed by atoms with Crippen LogP contribution in [0.2, 0.25) is 0 Å². The normalized spacial score (nSPS) is 22.0. The summed E-state index contributed by atoms with van der Waals surface area (Å²) in [6, 6.07) is 8.45. The Balaban J connectivity index is 1.69. The maximum absolute atomic E-state index is 13.0. The minimum atomic E-state index is -0.0586. The number of carbonyl (C=O) groups excluding carboxylic acids is 1. The number of hydrogen-bond acceptors (Lipinski definition) is 1. The van der Waals surface area contributed by atoms with Gasteiger partial charge in [-0.2, -0.15) is 0 Å². The SMILES string of the molecule is C=CC1CCC(=CC(=O)C2=CCC/C(=C\C#Cc3cccc(CC)c3)C(C)(C)C2)CC1. The lowest BCUT2D eigenvalue weighted by Gasteiger charge is -2.26. The van der Waals surface area contributed by atoms with Crippen LogP contribution in [0.5, 0.6) is 0 Å².